The summed E-state index contributed by atoms with van der Waals surface area (Å²) in [6.45, 7) is 2.72. The van der Waals surface area contributed by atoms with Crippen LogP contribution in [0.2, 0.25) is 0 Å². The highest BCUT2D eigenvalue weighted by molar-refractivity contribution is 6.45. The Bertz CT molecular complexity index is 1540. The minimum absolute atomic E-state index is 0.102. The molecule has 1 fully saturated rings. The topological polar surface area (TPSA) is 128 Å². The monoisotopic (exact) mass is 499 g/mol. The van der Waals surface area contributed by atoms with Crippen molar-refractivity contribution < 1.29 is 19.1 Å². The number of hydrogen-bond donors (Lipinski definition) is 2. The van der Waals surface area contributed by atoms with Gasteiger partial charge in [0.15, 0.2) is 0 Å². The lowest BCUT2D eigenvalue weighted by Crippen LogP contribution is -2.56. The first kappa shape index (κ1) is 24.0. The molecule has 0 radical (unpaired) electrons. The zero-order chi connectivity index (χ0) is 26.1. The smallest absolute Gasteiger partial charge is 0.295 e. The first-order valence-corrected chi connectivity index (χ1v) is 11.8. The van der Waals surface area contributed by atoms with Crippen molar-refractivity contribution in [2.45, 2.75) is 13.0 Å². The molecule has 1 saturated heterocycles. The molecule has 5 rings (SSSR count). The second-order valence-corrected chi connectivity index (χ2v) is 8.86. The fraction of sp³-hybridized carbons (Fsp3) is 0.222. The fourth-order valence-electron chi connectivity index (χ4n) is 4.68. The van der Waals surface area contributed by atoms with Crippen molar-refractivity contribution in [2.24, 2.45) is 0 Å². The van der Waals surface area contributed by atoms with Crippen LogP contribution in [0.3, 0.4) is 0 Å². The molecule has 188 valence electrons. The van der Waals surface area contributed by atoms with Gasteiger partial charge in [0.05, 0.1) is 35.5 Å². The third-order valence-corrected chi connectivity index (χ3v) is 6.59. The number of nitrogens with one attached hydrogen (secondary N) is 2. The lowest BCUT2D eigenvalue weighted by atomic mass is 10.0. The molecule has 10 nitrogen and oxygen atoms in total. The number of methoxy groups -OCH3 is 1. The molecule has 10 heteroatoms. The van der Waals surface area contributed by atoms with Gasteiger partial charge >= 0.3 is 0 Å². The summed E-state index contributed by atoms with van der Waals surface area (Å²) in [6.07, 6.45) is 4.49. The number of aromatic amines is 2. The molecule has 1 aliphatic heterocycles. The third kappa shape index (κ3) is 4.37. The maximum absolute atomic E-state index is 13.4. The van der Waals surface area contributed by atoms with Crippen molar-refractivity contribution in [3.8, 4) is 17.0 Å². The number of pyridine rings is 2. The van der Waals surface area contributed by atoms with Crippen molar-refractivity contribution in [1.82, 2.24) is 24.8 Å². The van der Waals surface area contributed by atoms with E-state index in [0.717, 1.165) is 0 Å². The maximum atomic E-state index is 13.4. The number of ether oxygens (including phenoxy) is 1. The molecule has 0 saturated carbocycles. The van der Waals surface area contributed by atoms with E-state index in [1.54, 1.807) is 23.1 Å². The third-order valence-electron chi connectivity index (χ3n) is 6.59. The molecular formula is C27H25N5O5. The predicted molar refractivity (Wildman–Crippen MR) is 137 cm³/mol. The second kappa shape index (κ2) is 9.73. The minimum atomic E-state index is -0.683. The summed E-state index contributed by atoms with van der Waals surface area (Å²) in [7, 11) is 1.46. The van der Waals surface area contributed by atoms with E-state index in [1.165, 1.54) is 36.7 Å². The Kier molecular flexibility index (Phi) is 6.31. The van der Waals surface area contributed by atoms with E-state index >= 15 is 0 Å². The van der Waals surface area contributed by atoms with Crippen LogP contribution in [0.1, 0.15) is 27.6 Å². The molecule has 4 heterocycles. The predicted octanol–water partition coefficient (Wildman–Crippen LogP) is 2.48. The van der Waals surface area contributed by atoms with E-state index in [9.17, 15) is 19.2 Å². The normalized spacial score (nSPS) is 15.6. The summed E-state index contributed by atoms with van der Waals surface area (Å²) in [5, 5.41) is 0.433. The number of Topliss-reactive ketones (excluding diaryl/α,β-unsaturated/α-hetero) is 1. The highest BCUT2D eigenvalue weighted by Crippen LogP contribution is 2.34. The summed E-state index contributed by atoms with van der Waals surface area (Å²) >= 11 is 0. The summed E-state index contributed by atoms with van der Waals surface area (Å²) in [5.74, 6) is -1.09. The van der Waals surface area contributed by atoms with Crippen molar-refractivity contribution in [1.29, 1.82) is 0 Å². The molecule has 1 aromatic carbocycles. The molecule has 1 aliphatic rings. The number of rotatable bonds is 5. The first-order chi connectivity index (χ1) is 17.9. The van der Waals surface area contributed by atoms with Gasteiger partial charge in [-0.05, 0) is 25.1 Å². The van der Waals surface area contributed by atoms with Crippen LogP contribution in [0, 0.1) is 0 Å². The molecule has 37 heavy (non-hydrogen) atoms. The van der Waals surface area contributed by atoms with Crippen LogP contribution in [0.15, 0.2) is 65.8 Å². The summed E-state index contributed by atoms with van der Waals surface area (Å²) in [5.41, 5.74) is 2.14. The number of piperazine rings is 1. The Hall–Kier alpha value is -4.73. The Balaban J connectivity index is 1.41. The van der Waals surface area contributed by atoms with E-state index in [0.29, 0.717) is 46.6 Å². The highest BCUT2D eigenvalue weighted by Gasteiger charge is 2.35. The lowest BCUT2D eigenvalue weighted by molar-refractivity contribution is -0.130. The maximum Gasteiger partial charge on any atom is 0.295 e. The number of carbonyl (C=O) groups excluding carboxylic acids is 3. The van der Waals surface area contributed by atoms with Gasteiger partial charge in [-0.3, -0.25) is 24.2 Å². The Morgan fingerprint density at radius 1 is 1.03 bits per heavy atom. The van der Waals surface area contributed by atoms with E-state index in [2.05, 4.69) is 15.0 Å². The van der Waals surface area contributed by atoms with Crippen LogP contribution in [0.4, 0.5) is 0 Å². The number of ketones is 1. The van der Waals surface area contributed by atoms with E-state index in [4.69, 9.17) is 4.74 Å². The number of hydrogen-bond acceptors (Lipinski definition) is 6. The largest absolute Gasteiger partial charge is 0.494 e. The van der Waals surface area contributed by atoms with Gasteiger partial charge in [-0.15, -0.1) is 0 Å². The SMILES string of the molecule is COc1cnc(-c2ccc(=O)[nH]c2)c2[nH]cc(C(=O)C(=O)N3CCN(C(=O)c4ccccc4)CC3C)c12. The van der Waals surface area contributed by atoms with Gasteiger partial charge in [0.25, 0.3) is 17.6 Å². The average Bonchev–Trinajstić information content (AvgIpc) is 3.38. The number of fused-ring (bicyclic) bond motifs is 1. The molecular weight excluding hydrogens is 474 g/mol. The molecule has 0 spiro atoms. The summed E-state index contributed by atoms with van der Waals surface area (Å²) < 4.78 is 5.45. The number of aromatic nitrogens is 3. The van der Waals surface area contributed by atoms with Crippen LogP contribution in [-0.2, 0) is 4.79 Å². The zero-order valence-corrected chi connectivity index (χ0v) is 20.4. The van der Waals surface area contributed by atoms with Gasteiger partial charge in [0, 0.05) is 55.3 Å². The van der Waals surface area contributed by atoms with E-state index in [-0.39, 0.29) is 29.6 Å². The number of benzene rings is 1. The highest BCUT2D eigenvalue weighted by atomic mass is 16.5. The van der Waals surface area contributed by atoms with Gasteiger partial charge in [-0.2, -0.15) is 0 Å². The molecule has 4 aromatic rings. The van der Waals surface area contributed by atoms with E-state index < -0.39 is 11.7 Å². The minimum Gasteiger partial charge on any atom is -0.494 e. The molecule has 0 bridgehead atoms. The lowest BCUT2D eigenvalue weighted by Gasteiger charge is -2.39. The van der Waals surface area contributed by atoms with Crippen molar-refractivity contribution in [2.75, 3.05) is 26.7 Å². The van der Waals surface area contributed by atoms with E-state index in [1.807, 2.05) is 25.1 Å². The molecule has 2 amide bonds. The van der Waals surface area contributed by atoms with Gasteiger partial charge in [0.1, 0.15) is 5.75 Å². The molecule has 3 aromatic heterocycles. The summed E-state index contributed by atoms with van der Waals surface area (Å²) in [6, 6.07) is 11.6. The number of H-pyrrole nitrogens is 2. The molecule has 2 N–H and O–H groups in total. The van der Waals surface area contributed by atoms with Gasteiger partial charge in [0.2, 0.25) is 5.56 Å². The quantitative estimate of drug-likeness (QED) is 0.321. The Morgan fingerprint density at radius 3 is 2.49 bits per heavy atom. The van der Waals surface area contributed by atoms with Crippen molar-refractivity contribution in [3.63, 3.8) is 0 Å². The molecule has 0 aliphatic carbocycles. The average molecular weight is 500 g/mol. The first-order valence-electron chi connectivity index (χ1n) is 11.8. The number of carbonyl (C=O) groups is 3. The van der Waals surface area contributed by atoms with Crippen LogP contribution >= 0.6 is 0 Å². The van der Waals surface area contributed by atoms with Crippen LogP contribution in [0.5, 0.6) is 5.75 Å². The van der Waals surface area contributed by atoms with Gasteiger partial charge < -0.3 is 24.5 Å². The number of amides is 2. The second-order valence-electron chi connectivity index (χ2n) is 8.86. The van der Waals surface area contributed by atoms with Gasteiger partial charge in [-0.25, -0.2) is 0 Å². The number of nitrogens with zero attached hydrogens (tertiary/aromatic N) is 3. The zero-order valence-electron chi connectivity index (χ0n) is 20.4. The summed E-state index contributed by atoms with van der Waals surface area (Å²) in [4.78, 5) is 64.4. The van der Waals surface area contributed by atoms with Crippen LogP contribution < -0.4 is 10.3 Å². The fourth-order valence-corrected chi connectivity index (χ4v) is 4.68. The van der Waals surface area contributed by atoms with Crippen LogP contribution in [0.25, 0.3) is 22.2 Å². The van der Waals surface area contributed by atoms with Crippen molar-refractivity contribution in [3.05, 3.63) is 82.5 Å². The molecule has 1 unspecified atom stereocenters. The van der Waals surface area contributed by atoms with Gasteiger partial charge in [-0.1, -0.05) is 18.2 Å². The Labute approximate surface area is 211 Å². The Morgan fingerprint density at radius 2 is 1.81 bits per heavy atom. The standard InChI is InChI=1S/C27H25N5O5/c1-16-15-31(26(35)17-6-4-3-5-7-17)10-11-32(16)27(36)25(34)19-13-29-24-22(19)20(37-2)14-30-23(24)18-8-9-21(33)28-12-18/h3-9,12-14,16,29H,10-11,15H2,1-2H3,(H,28,33). The molecule has 1 atom stereocenters. The van der Waals surface area contributed by atoms with Crippen LogP contribution in [-0.4, -0.2) is 75.1 Å². The van der Waals surface area contributed by atoms with Crippen molar-refractivity contribution >= 4 is 28.5 Å².